The molecule has 1 aliphatic rings. The second-order valence-corrected chi connectivity index (χ2v) is 5.67. The highest BCUT2D eigenvalue weighted by Gasteiger charge is 2.29. The molecule has 0 N–H and O–H groups in total. The van der Waals surface area contributed by atoms with Gasteiger partial charge in [0.2, 0.25) is 0 Å². The van der Waals surface area contributed by atoms with Crippen molar-refractivity contribution in [3.05, 3.63) is 33.9 Å². The molecule has 0 bridgehead atoms. The summed E-state index contributed by atoms with van der Waals surface area (Å²) in [6.07, 6.45) is 2.47. The largest absolute Gasteiger partial charge is 0.363 e. The van der Waals surface area contributed by atoms with Gasteiger partial charge in [-0.05, 0) is 44.2 Å². The summed E-state index contributed by atoms with van der Waals surface area (Å²) in [4.78, 5) is 13.1. The molecule has 0 spiro atoms. The minimum atomic E-state index is -0.312. The maximum absolute atomic E-state index is 11.3. The van der Waals surface area contributed by atoms with Gasteiger partial charge in [0.1, 0.15) is 5.69 Å². The number of anilines is 1. The summed E-state index contributed by atoms with van der Waals surface area (Å²) >= 11 is 5.76. The molecule has 0 unspecified atom stereocenters. The molecule has 0 radical (unpaired) electrons. The Balaban J connectivity index is 2.36. The van der Waals surface area contributed by atoms with Crippen LogP contribution in [0.25, 0.3) is 0 Å². The normalized spacial score (nSPS) is 14.7. The van der Waals surface area contributed by atoms with Crippen LogP contribution in [0.4, 0.5) is 11.4 Å². The number of nitro benzene ring substituents is 1. The Morgan fingerprint density at radius 2 is 2.16 bits per heavy atom. The molecule has 19 heavy (non-hydrogen) atoms. The molecular weight excluding hydrogens is 264 g/mol. The number of nitrogens with zero attached hydrogens (tertiary/aromatic N) is 2. The molecule has 0 saturated heterocycles. The molecule has 5 heteroatoms. The van der Waals surface area contributed by atoms with Crippen molar-refractivity contribution in [2.45, 2.75) is 38.6 Å². The smallest absolute Gasteiger partial charge is 0.292 e. The van der Waals surface area contributed by atoms with Gasteiger partial charge in [-0.15, -0.1) is 11.6 Å². The molecule has 0 amide bonds. The lowest BCUT2D eigenvalue weighted by Crippen LogP contribution is -2.33. The molecule has 1 aliphatic carbocycles. The minimum Gasteiger partial charge on any atom is -0.363 e. The molecule has 1 aromatic carbocycles. The maximum Gasteiger partial charge on any atom is 0.292 e. The number of halogens is 1. The van der Waals surface area contributed by atoms with Gasteiger partial charge in [-0.25, -0.2) is 0 Å². The highest BCUT2D eigenvalue weighted by molar-refractivity contribution is 6.17. The van der Waals surface area contributed by atoms with Gasteiger partial charge in [-0.2, -0.15) is 0 Å². The van der Waals surface area contributed by atoms with Crippen LogP contribution in [0.3, 0.4) is 0 Å². The summed E-state index contributed by atoms with van der Waals surface area (Å²) < 4.78 is 0. The Kier molecular flexibility index (Phi) is 4.30. The third-order valence-corrected chi connectivity index (χ3v) is 3.78. The third-order valence-electron chi connectivity index (χ3n) is 3.48. The Bertz CT molecular complexity index is 473. The predicted molar refractivity (Wildman–Crippen MR) is 77.9 cm³/mol. The average Bonchev–Trinajstić information content (AvgIpc) is 3.19. The quantitative estimate of drug-likeness (QED) is 0.451. The Labute approximate surface area is 118 Å². The molecule has 4 nitrogen and oxygen atoms in total. The van der Waals surface area contributed by atoms with Crippen LogP contribution in [-0.4, -0.2) is 17.5 Å². The molecule has 0 heterocycles. The monoisotopic (exact) mass is 282 g/mol. The predicted octanol–water partition coefficient (Wildman–Crippen LogP) is 3.96. The molecule has 0 atom stereocenters. The van der Waals surface area contributed by atoms with Crippen LogP contribution in [0.15, 0.2) is 18.2 Å². The van der Waals surface area contributed by atoms with Crippen molar-refractivity contribution in [2.24, 2.45) is 5.92 Å². The summed E-state index contributed by atoms with van der Waals surface area (Å²) in [5.74, 6) is 0.987. The topological polar surface area (TPSA) is 46.4 Å². The molecule has 1 aromatic rings. The van der Waals surface area contributed by atoms with Crippen molar-refractivity contribution in [3.63, 3.8) is 0 Å². The van der Waals surface area contributed by atoms with Crippen LogP contribution in [0.1, 0.15) is 32.3 Å². The van der Waals surface area contributed by atoms with E-state index in [0.29, 0.717) is 17.5 Å². The van der Waals surface area contributed by atoms with E-state index in [4.69, 9.17) is 11.6 Å². The van der Waals surface area contributed by atoms with Crippen LogP contribution in [-0.2, 0) is 5.88 Å². The van der Waals surface area contributed by atoms with E-state index < -0.39 is 0 Å². The van der Waals surface area contributed by atoms with E-state index in [0.717, 1.165) is 12.1 Å². The highest BCUT2D eigenvalue weighted by atomic mass is 35.5. The Morgan fingerprint density at radius 1 is 1.47 bits per heavy atom. The molecule has 1 saturated carbocycles. The van der Waals surface area contributed by atoms with Gasteiger partial charge in [0.05, 0.1) is 4.92 Å². The molecule has 0 aromatic heterocycles. The standard InChI is InChI=1S/C14H19ClN2O2/c1-10(2)16(9-11-3-4-11)13-6-5-12(8-15)7-14(13)17(18)19/h5-7,10-11H,3-4,8-9H2,1-2H3. The van der Waals surface area contributed by atoms with E-state index >= 15 is 0 Å². The fourth-order valence-corrected chi connectivity index (χ4v) is 2.37. The first-order chi connectivity index (χ1) is 9.02. The Hall–Kier alpha value is -1.29. The zero-order valence-corrected chi connectivity index (χ0v) is 12.1. The fourth-order valence-electron chi connectivity index (χ4n) is 2.21. The van der Waals surface area contributed by atoms with E-state index in [2.05, 4.69) is 18.7 Å². The number of hydrogen-bond donors (Lipinski definition) is 0. The molecule has 0 aliphatic heterocycles. The van der Waals surface area contributed by atoms with Crippen molar-refractivity contribution in [1.82, 2.24) is 0 Å². The molecular formula is C14H19ClN2O2. The summed E-state index contributed by atoms with van der Waals surface area (Å²) in [6, 6.07) is 5.54. The molecule has 1 fully saturated rings. The van der Waals surface area contributed by atoms with Gasteiger partial charge in [0.15, 0.2) is 0 Å². The van der Waals surface area contributed by atoms with Crippen molar-refractivity contribution >= 4 is 23.0 Å². The Morgan fingerprint density at radius 3 is 2.63 bits per heavy atom. The lowest BCUT2D eigenvalue weighted by atomic mass is 10.1. The van der Waals surface area contributed by atoms with Crippen LogP contribution in [0.5, 0.6) is 0 Å². The summed E-state index contributed by atoms with van der Waals surface area (Å²) in [6.45, 7) is 5.04. The second kappa shape index (κ2) is 5.78. The lowest BCUT2D eigenvalue weighted by Gasteiger charge is -2.28. The van der Waals surface area contributed by atoms with Gasteiger partial charge in [-0.1, -0.05) is 6.07 Å². The van der Waals surface area contributed by atoms with Gasteiger partial charge < -0.3 is 4.90 Å². The van der Waals surface area contributed by atoms with Gasteiger partial charge >= 0.3 is 0 Å². The van der Waals surface area contributed by atoms with Crippen molar-refractivity contribution in [1.29, 1.82) is 0 Å². The SMILES string of the molecule is CC(C)N(CC1CC1)c1ccc(CCl)cc1[N+](=O)[O-]. The van der Waals surface area contributed by atoms with Crippen LogP contribution in [0.2, 0.25) is 0 Å². The third kappa shape index (κ3) is 3.38. The van der Waals surface area contributed by atoms with Crippen molar-refractivity contribution in [2.75, 3.05) is 11.4 Å². The summed E-state index contributed by atoms with van der Waals surface area (Å²) in [5, 5.41) is 11.3. The van der Waals surface area contributed by atoms with Crippen LogP contribution < -0.4 is 4.90 Å². The first-order valence-corrected chi connectivity index (χ1v) is 7.16. The van der Waals surface area contributed by atoms with E-state index in [-0.39, 0.29) is 16.7 Å². The van der Waals surface area contributed by atoms with Crippen molar-refractivity contribution < 1.29 is 4.92 Å². The number of hydrogen-bond acceptors (Lipinski definition) is 3. The first kappa shape index (κ1) is 14.1. The average molecular weight is 283 g/mol. The van der Waals surface area contributed by atoms with E-state index in [1.165, 1.54) is 12.8 Å². The van der Waals surface area contributed by atoms with Crippen molar-refractivity contribution in [3.8, 4) is 0 Å². The van der Waals surface area contributed by atoms with Gasteiger partial charge in [0.25, 0.3) is 5.69 Å². The van der Waals surface area contributed by atoms with E-state index in [9.17, 15) is 10.1 Å². The number of alkyl halides is 1. The maximum atomic E-state index is 11.3. The lowest BCUT2D eigenvalue weighted by molar-refractivity contribution is -0.384. The second-order valence-electron chi connectivity index (χ2n) is 5.40. The molecule has 2 rings (SSSR count). The van der Waals surface area contributed by atoms with Crippen LogP contribution in [0, 0.1) is 16.0 Å². The fraction of sp³-hybridized carbons (Fsp3) is 0.571. The van der Waals surface area contributed by atoms with E-state index in [1.54, 1.807) is 6.07 Å². The number of benzene rings is 1. The zero-order chi connectivity index (χ0) is 14.0. The molecule has 104 valence electrons. The van der Waals surface area contributed by atoms with Crippen LogP contribution >= 0.6 is 11.6 Å². The van der Waals surface area contributed by atoms with Gasteiger partial charge in [0, 0.05) is 24.5 Å². The summed E-state index contributed by atoms with van der Waals surface area (Å²) in [7, 11) is 0. The zero-order valence-electron chi connectivity index (χ0n) is 11.3. The number of nitro groups is 1. The minimum absolute atomic E-state index is 0.160. The number of rotatable bonds is 6. The highest BCUT2D eigenvalue weighted by Crippen LogP contribution is 2.36. The van der Waals surface area contributed by atoms with E-state index in [1.807, 2.05) is 12.1 Å². The summed E-state index contributed by atoms with van der Waals surface area (Å²) in [5.41, 5.74) is 1.65. The van der Waals surface area contributed by atoms with Gasteiger partial charge in [-0.3, -0.25) is 10.1 Å². The first-order valence-electron chi connectivity index (χ1n) is 6.63.